The Labute approximate surface area is 92.5 Å². The van der Waals surface area contributed by atoms with E-state index in [9.17, 15) is 0 Å². The summed E-state index contributed by atoms with van der Waals surface area (Å²) in [4.78, 5) is 1.02. The molecule has 1 aliphatic rings. The first kappa shape index (κ1) is 10.5. The number of hydrogen-bond acceptors (Lipinski definition) is 6. The Bertz CT molecular complexity index is 363. The van der Waals surface area contributed by atoms with Crippen molar-refractivity contribution in [1.82, 2.24) is 15.0 Å². The minimum atomic E-state index is -0.106. The Morgan fingerprint density at radius 1 is 1.67 bits per heavy atom. The van der Waals surface area contributed by atoms with E-state index in [0.29, 0.717) is 0 Å². The fraction of sp³-hybridized carbons (Fsp3) is 0.556. The predicted molar refractivity (Wildman–Crippen MR) is 58.0 cm³/mol. The number of nitrogens with one attached hydrogen (secondary N) is 1. The van der Waals surface area contributed by atoms with E-state index >= 15 is 0 Å². The molecule has 0 aromatic carbocycles. The summed E-state index contributed by atoms with van der Waals surface area (Å²) in [6.45, 7) is 2.68. The van der Waals surface area contributed by atoms with Crippen LogP contribution in [0.5, 0.6) is 0 Å². The molecule has 0 aliphatic carbocycles. The Morgan fingerprint density at radius 3 is 3.07 bits per heavy atom. The summed E-state index contributed by atoms with van der Waals surface area (Å²) in [6, 6.07) is -0.106. The van der Waals surface area contributed by atoms with Gasteiger partial charge in [0.2, 0.25) is 0 Å². The average Bonchev–Trinajstić information content (AvgIpc) is 2.68. The van der Waals surface area contributed by atoms with Gasteiger partial charge < -0.3 is 4.74 Å². The Balaban J connectivity index is 2.24. The summed E-state index contributed by atoms with van der Waals surface area (Å²) in [5, 5.41) is 3.97. The molecule has 5 nitrogen and oxygen atoms in total. The SMILES string of the molecule is Cc1nnsc1C(NN)C1=CCCCO1. The minimum absolute atomic E-state index is 0.106. The molecule has 82 valence electrons. The van der Waals surface area contributed by atoms with Gasteiger partial charge in [-0.25, -0.2) is 5.43 Å². The molecule has 1 aromatic rings. The smallest absolute Gasteiger partial charge is 0.116 e. The third kappa shape index (κ3) is 2.17. The zero-order valence-corrected chi connectivity index (χ0v) is 9.38. The van der Waals surface area contributed by atoms with Gasteiger partial charge in [-0.2, -0.15) is 0 Å². The van der Waals surface area contributed by atoms with Gasteiger partial charge in [0.15, 0.2) is 0 Å². The van der Waals surface area contributed by atoms with E-state index in [2.05, 4.69) is 21.1 Å². The van der Waals surface area contributed by atoms with Crippen LogP contribution in [0, 0.1) is 6.92 Å². The van der Waals surface area contributed by atoms with E-state index in [0.717, 1.165) is 35.8 Å². The number of rotatable bonds is 3. The predicted octanol–water partition coefficient (Wildman–Crippen LogP) is 1.05. The van der Waals surface area contributed by atoms with Crippen molar-refractivity contribution in [2.24, 2.45) is 5.84 Å². The van der Waals surface area contributed by atoms with Crippen molar-refractivity contribution in [2.45, 2.75) is 25.8 Å². The molecule has 1 unspecified atom stereocenters. The summed E-state index contributed by atoms with van der Waals surface area (Å²) in [7, 11) is 0. The van der Waals surface area contributed by atoms with Crippen LogP contribution in [0.25, 0.3) is 0 Å². The molecular formula is C9H14N4OS. The van der Waals surface area contributed by atoms with Crippen LogP contribution < -0.4 is 11.3 Å². The van der Waals surface area contributed by atoms with Gasteiger partial charge >= 0.3 is 0 Å². The number of ether oxygens (including phenoxy) is 1. The van der Waals surface area contributed by atoms with Crippen molar-refractivity contribution in [3.05, 3.63) is 22.4 Å². The maximum atomic E-state index is 5.58. The third-order valence-corrected chi connectivity index (χ3v) is 3.25. The van der Waals surface area contributed by atoms with Gasteiger partial charge in [0.05, 0.1) is 17.2 Å². The molecule has 1 atom stereocenters. The molecule has 0 fully saturated rings. The first-order valence-electron chi connectivity index (χ1n) is 4.90. The van der Waals surface area contributed by atoms with Crippen LogP contribution in [0.2, 0.25) is 0 Å². The maximum absolute atomic E-state index is 5.58. The lowest BCUT2D eigenvalue weighted by Crippen LogP contribution is -2.31. The Hall–Kier alpha value is -0.980. The molecule has 2 rings (SSSR count). The number of aromatic nitrogens is 2. The topological polar surface area (TPSA) is 73.1 Å². The van der Waals surface area contributed by atoms with Crippen molar-refractivity contribution in [3.63, 3.8) is 0 Å². The highest BCUT2D eigenvalue weighted by atomic mass is 32.1. The quantitative estimate of drug-likeness (QED) is 0.595. The van der Waals surface area contributed by atoms with Gasteiger partial charge in [-0.15, -0.1) is 5.10 Å². The second kappa shape index (κ2) is 4.69. The number of allylic oxidation sites excluding steroid dienone is 1. The largest absolute Gasteiger partial charge is 0.496 e. The summed E-state index contributed by atoms with van der Waals surface area (Å²) in [5.74, 6) is 6.43. The maximum Gasteiger partial charge on any atom is 0.116 e. The zero-order valence-electron chi connectivity index (χ0n) is 8.56. The molecule has 0 saturated carbocycles. The molecule has 3 N–H and O–H groups in total. The van der Waals surface area contributed by atoms with Crippen molar-refractivity contribution in [3.8, 4) is 0 Å². The first-order chi connectivity index (χ1) is 7.33. The normalized spacial score (nSPS) is 18.1. The molecule has 2 heterocycles. The van der Waals surface area contributed by atoms with Crippen LogP contribution in [0.15, 0.2) is 11.8 Å². The van der Waals surface area contributed by atoms with Crippen LogP contribution in [0.3, 0.4) is 0 Å². The van der Waals surface area contributed by atoms with E-state index < -0.39 is 0 Å². The van der Waals surface area contributed by atoms with E-state index in [1.807, 2.05) is 6.92 Å². The molecule has 0 spiro atoms. The third-order valence-electron chi connectivity index (χ3n) is 2.36. The van der Waals surface area contributed by atoms with Gasteiger partial charge in [0, 0.05) is 0 Å². The van der Waals surface area contributed by atoms with Gasteiger partial charge in [0.25, 0.3) is 0 Å². The van der Waals surface area contributed by atoms with Gasteiger partial charge in [-0.3, -0.25) is 5.84 Å². The highest BCUT2D eigenvalue weighted by Crippen LogP contribution is 2.28. The fourth-order valence-electron chi connectivity index (χ4n) is 1.57. The molecular weight excluding hydrogens is 212 g/mol. The molecule has 0 radical (unpaired) electrons. The highest BCUT2D eigenvalue weighted by molar-refractivity contribution is 7.05. The average molecular weight is 226 g/mol. The highest BCUT2D eigenvalue weighted by Gasteiger charge is 2.22. The van der Waals surface area contributed by atoms with Gasteiger partial charge in [-0.05, 0) is 37.4 Å². The van der Waals surface area contributed by atoms with Crippen molar-refractivity contribution in [2.75, 3.05) is 6.61 Å². The number of nitrogens with two attached hydrogens (primary N) is 1. The summed E-state index contributed by atoms with van der Waals surface area (Å²) in [6.07, 6.45) is 4.19. The van der Waals surface area contributed by atoms with Crippen LogP contribution in [-0.2, 0) is 4.74 Å². The minimum Gasteiger partial charge on any atom is -0.496 e. The van der Waals surface area contributed by atoms with Gasteiger partial charge in [-0.1, -0.05) is 4.49 Å². The lowest BCUT2D eigenvalue weighted by atomic mass is 10.1. The lowest BCUT2D eigenvalue weighted by molar-refractivity contribution is 0.168. The van der Waals surface area contributed by atoms with Gasteiger partial charge in [0.1, 0.15) is 11.8 Å². The number of aryl methyl sites for hydroxylation is 1. The van der Waals surface area contributed by atoms with E-state index in [1.54, 1.807) is 0 Å². The standard InChI is InChI=1S/C9H14N4OS/c1-6-9(15-13-12-6)8(11-10)7-4-2-3-5-14-7/h4,8,11H,2-3,5,10H2,1H3. The van der Waals surface area contributed by atoms with Crippen molar-refractivity contribution in [1.29, 1.82) is 0 Å². The molecule has 6 heteroatoms. The van der Waals surface area contributed by atoms with Crippen LogP contribution >= 0.6 is 11.5 Å². The van der Waals surface area contributed by atoms with Crippen LogP contribution in [0.4, 0.5) is 0 Å². The second-order valence-corrected chi connectivity index (χ2v) is 4.21. The Kier molecular flexibility index (Phi) is 3.30. The molecule has 0 saturated heterocycles. The van der Waals surface area contributed by atoms with E-state index in [4.69, 9.17) is 10.6 Å². The fourth-order valence-corrected chi connectivity index (χ4v) is 2.28. The summed E-state index contributed by atoms with van der Waals surface area (Å²) >= 11 is 1.35. The second-order valence-electron chi connectivity index (χ2n) is 3.42. The van der Waals surface area contributed by atoms with Crippen LogP contribution in [0.1, 0.15) is 29.5 Å². The number of hydrazine groups is 1. The molecule has 0 bridgehead atoms. The van der Waals surface area contributed by atoms with Crippen LogP contribution in [-0.4, -0.2) is 16.2 Å². The van der Waals surface area contributed by atoms with E-state index in [1.165, 1.54) is 11.5 Å². The molecule has 1 aliphatic heterocycles. The summed E-state index contributed by atoms with van der Waals surface area (Å²) < 4.78 is 9.48. The zero-order chi connectivity index (χ0) is 10.7. The summed E-state index contributed by atoms with van der Waals surface area (Å²) in [5.41, 5.74) is 3.65. The van der Waals surface area contributed by atoms with Crippen molar-refractivity contribution >= 4 is 11.5 Å². The lowest BCUT2D eigenvalue weighted by Gasteiger charge is -2.22. The van der Waals surface area contributed by atoms with Crippen molar-refractivity contribution < 1.29 is 4.74 Å². The molecule has 15 heavy (non-hydrogen) atoms. The molecule has 0 amide bonds. The first-order valence-corrected chi connectivity index (χ1v) is 5.68. The number of hydrogen-bond donors (Lipinski definition) is 2. The molecule has 1 aromatic heterocycles. The van der Waals surface area contributed by atoms with E-state index in [-0.39, 0.29) is 6.04 Å². The number of nitrogens with zero attached hydrogens (tertiary/aromatic N) is 2. The monoisotopic (exact) mass is 226 g/mol. The Morgan fingerprint density at radius 2 is 2.53 bits per heavy atom.